The van der Waals surface area contributed by atoms with E-state index in [2.05, 4.69) is 55.3 Å². The SMILES string of the molecule is CCN(CC1CNC1)C(C)Cc1ccc(C)cc1. The van der Waals surface area contributed by atoms with Gasteiger partial charge >= 0.3 is 0 Å². The van der Waals surface area contributed by atoms with Crippen molar-refractivity contribution in [1.29, 1.82) is 0 Å². The van der Waals surface area contributed by atoms with E-state index in [1.165, 1.54) is 30.8 Å². The van der Waals surface area contributed by atoms with Crippen molar-refractivity contribution in [2.75, 3.05) is 26.2 Å². The van der Waals surface area contributed by atoms with Gasteiger partial charge in [-0.1, -0.05) is 36.8 Å². The first-order valence-corrected chi connectivity index (χ1v) is 7.19. The smallest absolute Gasteiger partial charge is 0.0107 e. The van der Waals surface area contributed by atoms with E-state index >= 15 is 0 Å². The molecule has 0 spiro atoms. The topological polar surface area (TPSA) is 15.3 Å². The molecule has 18 heavy (non-hydrogen) atoms. The van der Waals surface area contributed by atoms with Crippen LogP contribution in [0, 0.1) is 12.8 Å². The molecule has 1 heterocycles. The maximum atomic E-state index is 3.36. The van der Waals surface area contributed by atoms with Crippen LogP contribution in [-0.4, -0.2) is 37.1 Å². The van der Waals surface area contributed by atoms with Crippen molar-refractivity contribution in [2.24, 2.45) is 5.92 Å². The minimum Gasteiger partial charge on any atom is -0.316 e. The second-order valence-corrected chi connectivity index (χ2v) is 5.65. The first-order valence-electron chi connectivity index (χ1n) is 7.19. The summed E-state index contributed by atoms with van der Waals surface area (Å²) >= 11 is 0. The molecule has 1 aromatic rings. The van der Waals surface area contributed by atoms with E-state index in [9.17, 15) is 0 Å². The van der Waals surface area contributed by atoms with E-state index < -0.39 is 0 Å². The van der Waals surface area contributed by atoms with E-state index in [-0.39, 0.29) is 0 Å². The molecule has 0 radical (unpaired) electrons. The Kier molecular flexibility index (Phi) is 4.79. The molecule has 0 aromatic heterocycles. The number of nitrogens with one attached hydrogen (secondary N) is 1. The van der Waals surface area contributed by atoms with Crippen molar-refractivity contribution in [3.05, 3.63) is 35.4 Å². The molecule has 2 rings (SSSR count). The number of aryl methyl sites for hydroxylation is 1. The van der Waals surface area contributed by atoms with Crippen molar-refractivity contribution in [2.45, 2.75) is 33.2 Å². The van der Waals surface area contributed by atoms with Gasteiger partial charge in [-0.2, -0.15) is 0 Å². The lowest BCUT2D eigenvalue weighted by atomic mass is 10.00. The standard InChI is InChI=1S/C16H26N2/c1-4-18(12-16-10-17-11-16)14(3)9-15-7-5-13(2)6-8-15/h5-8,14,16-17H,4,9-12H2,1-3H3. The fourth-order valence-corrected chi connectivity index (χ4v) is 2.62. The molecular weight excluding hydrogens is 220 g/mol. The number of hydrogen-bond acceptors (Lipinski definition) is 2. The van der Waals surface area contributed by atoms with Crippen LogP contribution in [0.15, 0.2) is 24.3 Å². The molecule has 1 aromatic carbocycles. The molecule has 0 bridgehead atoms. The van der Waals surface area contributed by atoms with Crippen molar-refractivity contribution < 1.29 is 0 Å². The highest BCUT2D eigenvalue weighted by Gasteiger charge is 2.22. The van der Waals surface area contributed by atoms with Gasteiger partial charge in [-0.3, -0.25) is 0 Å². The van der Waals surface area contributed by atoms with Crippen LogP contribution in [0.4, 0.5) is 0 Å². The van der Waals surface area contributed by atoms with Crippen molar-refractivity contribution in [3.63, 3.8) is 0 Å². The average Bonchev–Trinajstić information content (AvgIpc) is 2.31. The minimum absolute atomic E-state index is 0.637. The summed E-state index contributed by atoms with van der Waals surface area (Å²) < 4.78 is 0. The maximum Gasteiger partial charge on any atom is 0.0107 e. The van der Waals surface area contributed by atoms with Gasteiger partial charge in [0.25, 0.3) is 0 Å². The number of hydrogen-bond donors (Lipinski definition) is 1. The van der Waals surface area contributed by atoms with Gasteiger partial charge in [0.15, 0.2) is 0 Å². The molecule has 1 aliphatic heterocycles. The maximum absolute atomic E-state index is 3.36. The summed E-state index contributed by atoms with van der Waals surface area (Å²) in [4.78, 5) is 2.62. The van der Waals surface area contributed by atoms with Crippen LogP contribution in [-0.2, 0) is 6.42 Å². The van der Waals surface area contributed by atoms with Crippen molar-refractivity contribution in [1.82, 2.24) is 10.2 Å². The summed E-state index contributed by atoms with van der Waals surface area (Å²) in [6, 6.07) is 9.61. The number of rotatable bonds is 6. The molecule has 0 saturated carbocycles. The van der Waals surface area contributed by atoms with Gasteiger partial charge in [0, 0.05) is 25.7 Å². The lowest BCUT2D eigenvalue weighted by Crippen LogP contribution is -2.50. The van der Waals surface area contributed by atoms with Crippen LogP contribution in [0.3, 0.4) is 0 Å². The van der Waals surface area contributed by atoms with Crippen LogP contribution >= 0.6 is 0 Å². The van der Waals surface area contributed by atoms with E-state index in [0.717, 1.165) is 18.9 Å². The summed E-state index contributed by atoms with van der Waals surface area (Å²) in [5.41, 5.74) is 2.80. The fraction of sp³-hybridized carbons (Fsp3) is 0.625. The molecule has 100 valence electrons. The minimum atomic E-state index is 0.637. The van der Waals surface area contributed by atoms with Crippen LogP contribution < -0.4 is 5.32 Å². The predicted molar refractivity (Wildman–Crippen MR) is 78.0 cm³/mol. The zero-order valence-electron chi connectivity index (χ0n) is 11.9. The van der Waals surface area contributed by atoms with Crippen LogP contribution in [0.25, 0.3) is 0 Å². The van der Waals surface area contributed by atoms with Crippen molar-refractivity contribution >= 4 is 0 Å². The van der Waals surface area contributed by atoms with E-state index in [1.807, 2.05) is 0 Å². The molecule has 0 amide bonds. The van der Waals surface area contributed by atoms with Gasteiger partial charge < -0.3 is 10.2 Å². The van der Waals surface area contributed by atoms with Crippen LogP contribution in [0.5, 0.6) is 0 Å². The summed E-state index contributed by atoms with van der Waals surface area (Å²) in [6.45, 7) is 11.6. The third-order valence-electron chi connectivity index (χ3n) is 4.04. The first-order chi connectivity index (χ1) is 8.69. The Morgan fingerprint density at radius 3 is 2.44 bits per heavy atom. The zero-order chi connectivity index (χ0) is 13.0. The number of likely N-dealkylation sites (N-methyl/N-ethyl adjacent to an activating group) is 1. The second kappa shape index (κ2) is 6.35. The Balaban J connectivity index is 1.87. The molecule has 1 aliphatic rings. The Morgan fingerprint density at radius 2 is 1.94 bits per heavy atom. The Bertz CT molecular complexity index is 354. The van der Waals surface area contributed by atoms with Crippen LogP contribution in [0.2, 0.25) is 0 Å². The van der Waals surface area contributed by atoms with Crippen molar-refractivity contribution in [3.8, 4) is 0 Å². The highest BCUT2D eigenvalue weighted by molar-refractivity contribution is 5.22. The Hall–Kier alpha value is -0.860. The van der Waals surface area contributed by atoms with Gasteiger partial charge in [0.05, 0.1) is 0 Å². The van der Waals surface area contributed by atoms with E-state index in [4.69, 9.17) is 0 Å². The third kappa shape index (κ3) is 3.56. The monoisotopic (exact) mass is 246 g/mol. The molecular formula is C16H26N2. The van der Waals surface area contributed by atoms with E-state index in [0.29, 0.717) is 6.04 Å². The molecule has 1 unspecified atom stereocenters. The highest BCUT2D eigenvalue weighted by atomic mass is 15.2. The van der Waals surface area contributed by atoms with Crippen LogP contribution in [0.1, 0.15) is 25.0 Å². The van der Waals surface area contributed by atoms with Gasteiger partial charge in [0.2, 0.25) is 0 Å². The molecule has 1 fully saturated rings. The summed E-state index contributed by atoms with van der Waals surface area (Å²) in [5.74, 6) is 0.866. The second-order valence-electron chi connectivity index (χ2n) is 5.65. The normalized spacial score (nSPS) is 17.8. The summed E-state index contributed by atoms with van der Waals surface area (Å²) in [6.07, 6.45) is 1.16. The molecule has 1 N–H and O–H groups in total. The summed E-state index contributed by atoms with van der Waals surface area (Å²) in [7, 11) is 0. The number of nitrogens with zero attached hydrogens (tertiary/aromatic N) is 1. The fourth-order valence-electron chi connectivity index (χ4n) is 2.62. The Labute approximate surface area is 111 Å². The Morgan fingerprint density at radius 1 is 1.28 bits per heavy atom. The molecule has 1 saturated heterocycles. The molecule has 1 atom stereocenters. The summed E-state index contributed by atoms with van der Waals surface area (Å²) in [5, 5.41) is 3.36. The van der Waals surface area contributed by atoms with Gasteiger partial charge in [0.1, 0.15) is 0 Å². The zero-order valence-corrected chi connectivity index (χ0v) is 11.9. The lowest BCUT2D eigenvalue weighted by molar-refractivity contribution is 0.157. The molecule has 0 aliphatic carbocycles. The molecule has 2 heteroatoms. The molecule has 2 nitrogen and oxygen atoms in total. The predicted octanol–water partition coefficient (Wildman–Crippen LogP) is 2.47. The van der Waals surface area contributed by atoms with Gasteiger partial charge in [-0.05, 0) is 38.3 Å². The highest BCUT2D eigenvalue weighted by Crippen LogP contribution is 2.13. The largest absolute Gasteiger partial charge is 0.316 e. The third-order valence-corrected chi connectivity index (χ3v) is 4.04. The lowest BCUT2D eigenvalue weighted by Gasteiger charge is -2.36. The van der Waals surface area contributed by atoms with Gasteiger partial charge in [-0.25, -0.2) is 0 Å². The quantitative estimate of drug-likeness (QED) is 0.829. The average molecular weight is 246 g/mol. The number of benzene rings is 1. The first kappa shape index (κ1) is 13.6. The van der Waals surface area contributed by atoms with E-state index in [1.54, 1.807) is 0 Å². The van der Waals surface area contributed by atoms with Gasteiger partial charge in [-0.15, -0.1) is 0 Å².